The average Bonchev–Trinajstić information content (AvgIpc) is 2.92. The van der Waals surface area contributed by atoms with Crippen LogP contribution in [0.3, 0.4) is 0 Å². The molecule has 1 aliphatic carbocycles. The first-order chi connectivity index (χ1) is 20.2. The zero-order valence-corrected chi connectivity index (χ0v) is 27.3. The Morgan fingerprint density at radius 2 is 1.77 bits per heavy atom. The Morgan fingerprint density at radius 3 is 2.44 bits per heavy atom. The van der Waals surface area contributed by atoms with Crippen LogP contribution in [0.5, 0.6) is 0 Å². The van der Waals surface area contributed by atoms with E-state index in [1.54, 1.807) is 47.4 Å². The Labute approximate surface area is 265 Å². The second kappa shape index (κ2) is 13.4. The number of nitrogens with one attached hydrogen (secondary N) is 2. The third-order valence-electron chi connectivity index (χ3n) is 8.23. The number of hydrogen-bond donors (Lipinski definition) is 2. The molecule has 7 nitrogen and oxygen atoms in total. The molecular formula is C33H39Cl2N3O4S. The number of benzene rings is 2. The predicted molar refractivity (Wildman–Crippen MR) is 174 cm³/mol. The van der Waals surface area contributed by atoms with Gasteiger partial charge < -0.3 is 10.2 Å². The zero-order chi connectivity index (χ0) is 31.5. The van der Waals surface area contributed by atoms with Gasteiger partial charge >= 0.3 is 0 Å². The largest absolute Gasteiger partial charge is 0.347 e. The summed E-state index contributed by atoms with van der Waals surface area (Å²) < 4.78 is 27.6. The van der Waals surface area contributed by atoms with Gasteiger partial charge in [0.2, 0.25) is 15.9 Å². The molecule has 2 amide bonds. The number of hydrogen-bond acceptors (Lipinski definition) is 4. The lowest BCUT2D eigenvalue weighted by molar-refractivity contribution is -0.125. The molecule has 2 N–H and O–H groups in total. The highest BCUT2D eigenvalue weighted by atomic mass is 35.5. The van der Waals surface area contributed by atoms with Crippen molar-refractivity contribution in [3.05, 3.63) is 106 Å². The van der Waals surface area contributed by atoms with E-state index in [2.05, 4.69) is 16.6 Å². The third kappa shape index (κ3) is 7.43. The van der Waals surface area contributed by atoms with Crippen molar-refractivity contribution in [2.45, 2.75) is 76.0 Å². The van der Waals surface area contributed by atoms with Gasteiger partial charge in [0.15, 0.2) is 0 Å². The number of fused-ring (bicyclic) bond motifs is 1. The van der Waals surface area contributed by atoms with Gasteiger partial charge in [0.25, 0.3) is 5.91 Å². The lowest BCUT2D eigenvalue weighted by Gasteiger charge is -2.49. The summed E-state index contributed by atoms with van der Waals surface area (Å²) in [4.78, 5) is 30.6. The SMILES string of the molecule is C=C(/C=C\C=C/C)C(C)(C)NC(=O)[C@@H]1c2ccccc2C(=O)N([C@H]2CCCC[C@@H]2NS(C)(=O)=O)[C@H]1c1ccc(Cl)cc1Cl. The van der Waals surface area contributed by atoms with Gasteiger partial charge in [-0.2, -0.15) is 0 Å². The molecule has 1 saturated carbocycles. The topological polar surface area (TPSA) is 95.6 Å². The maximum absolute atomic E-state index is 14.5. The number of sulfonamides is 1. The summed E-state index contributed by atoms with van der Waals surface area (Å²) in [6, 6.07) is 10.3. The Kier molecular flexibility index (Phi) is 10.3. The minimum Gasteiger partial charge on any atom is -0.347 e. The summed E-state index contributed by atoms with van der Waals surface area (Å²) in [5.41, 5.74) is 1.41. The highest BCUT2D eigenvalue weighted by Crippen LogP contribution is 2.48. The van der Waals surface area contributed by atoms with Crippen molar-refractivity contribution in [3.8, 4) is 0 Å². The molecule has 1 heterocycles. The Bertz CT molecular complexity index is 1570. The van der Waals surface area contributed by atoms with Crippen molar-refractivity contribution in [1.29, 1.82) is 0 Å². The van der Waals surface area contributed by atoms with E-state index in [1.165, 1.54) is 0 Å². The predicted octanol–water partition coefficient (Wildman–Crippen LogP) is 6.72. The maximum atomic E-state index is 14.5. The van der Waals surface area contributed by atoms with Crippen LogP contribution >= 0.6 is 23.2 Å². The quantitative estimate of drug-likeness (QED) is 0.297. The Hall–Kier alpha value is -2.91. The van der Waals surface area contributed by atoms with E-state index in [4.69, 9.17) is 23.2 Å². The molecule has 2 aromatic carbocycles. The molecular weight excluding hydrogens is 605 g/mol. The van der Waals surface area contributed by atoms with Crippen molar-refractivity contribution in [2.75, 3.05) is 6.26 Å². The number of nitrogens with zero attached hydrogens (tertiary/aromatic N) is 1. The maximum Gasteiger partial charge on any atom is 0.255 e. The van der Waals surface area contributed by atoms with E-state index in [9.17, 15) is 18.0 Å². The van der Waals surface area contributed by atoms with Gasteiger partial charge in [-0.15, -0.1) is 0 Å². The van der Waals surface area contributed by atoms with Crippen molar-refractivity contribution < 1.29 is 18.0 Å². The standard InChI is InChI=1S/C33H39Cl2N3O4S/c1-6-7-8-13-21(2)33(3,4)36-31(39)29-23-14-9-10-15-24(23)32(40)38(30(29)25-19-18-22(34)20-26(25)35)28-17-12-11-16-27(28)37-43(5,41)42/h6-10,13-15,18-20,27-30,37H,2,11-12,16-17H2,1,3-5H3,(H,36,39)/b7-6-,13-8-/t27-,28-,29+,30-/m0/s1. The lowest BCUT2D eigenvalue weighted by Crippen LogP contribution is -2.59. The van der Waals surface area contributed by atoms with Crippen LogP contribution in [-0.2, 0) is 14.8 Å². The fraction of sp³-hybridized carbons (Fsp3) is 0.394. The van der Waals surface area contributed by atoms with Crippen LogP contribution < -0.4 is 10.0 Å². The summed E-state index contributed by atoms with van der Waals surface area (Å²) >= 11 is 13.1. The molecule has 0 spiro atoms. The first kappa shape index (κ1) is 33.0. The summed E-state index contributed by atoms with van der Waals surface area (Å²) in [5.74, 6) is -1.45. The van der Waals surface area contributed by atoms with Crippen LogP contribution in [0, 0.1) is 0 Å². The molecule has 230 valence electrons. The van der Waals surface area contributed by atoms with Gasteiger partial charge in [0, 0.05) is 27.7 Å². The number of carbonyl (C=O) groups excluding carboxylic acids is 2. The Morgan fingerprint density at radius 1 is 1.07 bits per heavy atom. The van der Waals surface area contributed by atoms with E-state index >= 15 is 0 Å². The fourth-order valence-electron chi connectivity index (χ4n) is 6.09. The summed E-state index contributed by atoms with van der Waals surface area (Å²) in [6.45, 7) is 9.85. The second-order valence-corrected chi connectivity index (χ2v) is 14.4. The third-order valence-corrected chi connectivity index (χ3v) is 9.52. The molecule has 0 aromatic heterocycles. The molecule has 43 heavy (non-hydrogen) atoms. The summed E-state index contributed by atoms with van der Waals surface area (Å²) in [7, 11) is -3.57. The van der Waals surface area contributed by atoms with Crippen LogP contribution in [0.2, 0.25) is 10.0 Å². The minimum atomic E-state index is -3.57. The number of amides is 2. The monoisotopic (exact) mass is 643 g/mol. The molecule has 0 radical (unpaired) electrons. The fourth-order valence-corrected chi connectivity index (χ4v) is 7.43. The van der Waals surface area contributed by atoms with Crippen LogP contribution in [0.1, 0.15) is 79.9 Å². The molecule has 0 unspecified atom stereocenters. The summed E-state index contributed by atoms with van der Waals surface area (Å²) in [5, 5.41) is 3.91. The molecule has 1 aliphatic heterocycles. The molecule has 1 fully saturated rings. The molecule has 10 heteroatoms. The van der Waals surface area contributed by atoms with Crippen LogP contribution in [0.25, 0.3) is 0 Å². The first-order valence-corrected chi connectivity index (χ1v) is 17.0. The average molecular weight is 645 g/mol. The minimum absolute atomic E-state index is 0.277. The first-order valence-electron chi connectivity index (χ1n) is 14.4. The normalized spacial score (nSPS) is 23.0. The number of allylic oxidation sites excluding steroid dienone is 3. The second-order valence-electron chi connectivity index (χ2n) is 11.8. The highest BCUT2D eigenvalue weighted by Gasteiger charge is 2.50. The molecule has 4 rings (SSSR count). The van der Waals surface area contributed by atoms with Gasteiger partial charge in [-0.05, 0) is 68.5 Å². The van der Waals surface area contributed by atoms with Crippen molar-refractivity contribution >= 4 is 45.0 Å². The highest BCUT2D eigenvalue weighted by molar-refractivity contribution is 7.88. The van der Waals surface area contributed by atoms with Gasteiger partial charge in [-0.25, -0.2) is 13.1 Å². The molecule has 2 aliphatic rings. The summed E-state index contributed by atoms with van der Waals surface area (Å²) in [6.07, 6.45) is 11.4. The lowest BCUT2D eigenvalue weighted by atomic mass is 9.76. The smallest absolute Gasteiger partial charge is 0.255 e. The van der Waals surface area contributed by atoms with E-state index in [-0.39, 0.29) is 11.8 Å². The van der Waals surface area contributed by atoms with Crippen LogP contribution in [-0.4, -0.2) is 49.0 Å². The van der Waals surface area contributed by atoms with Gasteiger partial charge in [-0.3, -0.25) is 9.59 Å². The van der Waals surface area contributed by atoms with E-state index < -0.39 is 39.6 Å². The molecule has 4 atom stereocenters. The Balaban J connectivity index is 1.90. The van der Waals surface area contributed by atoms with Gasteiger partial charge in [0.1, 0.15) is 0 Å². The van der Waals surface area contributed by atoms with Crippen LogP contribution in [0.15, 0.2) is 78.9 Å². The van der Waals surface area contributed by atoms with Crippen molar-refractivity contribution in [3.63, 3.8) is 0 Å². The van der Waals surface area contributed by atoms with Crippen molar-refractivity contribution in [1.82, 2.24) is 14.9 Å². The molecule has 0 bridgehead atoms. The number of carbonyl (C=O) groups is 2. The van der Waals surface area contributed by atoms with E-state index in [1.807, 2.05) is 45.1 Å². The zero-order valence-electron chi connectivity index (χ0n) is 24.9. The van der Waals surface area contributed by atoms with Crippen LogP contribution in [0.4, 0.5) is 0 Å². The number of halogens is 2. The van der Waals surface area contributed by atoms with Gasteiger partial charge in [-0.1, -0.05) is 91.2 Å². The van der Waals surface area contributed by atoms with Crippen molar-refractivity contribution in [2.24, 2.45) is 0 Å². The molecule has 0 saturated heterocycles. The van der Waals surface area contributed by atoms with Gasteiger partial charge in [0.05, 0.1) is 23.8 Å². The van der Waals surface area contributed by atoms with E-state index in [0.29, 0.717) is 45.2 Å². The van der Waals surface area contributed by atoms with E-state index in [0.717, 1.165) is 19.1 Å². The number of rotatable bonds is 9. The molecule has 2 aromatic rings.